The highest BCUT2D eigenvalue weighted by Gasteiger charge is 2.24. The zero-order chi connectivity index (χ0) is 10.7. The van der Waals surface area contributed by atoms with Gasteiger partial charge in [-0.2, -0.15) is 0 Å². The Morgan fingerprint density at radius 1 is 0.933 bits per heavy atom. The van der Waals surface area contributed by atoms with Crippen LogP contribution in [0.1, 0.15) is 58.3 Å². The molecule has 0 aromatic rings. The quantitative estimate of drug-likeness (QED) is 0.685. The van der Waals surface area contributed by atoms with Crippen molar-refractivity contribution in [1.29, 1.82) is 0 Å². The van der Waals surface area contributed by atoms with Gasteiger partial charge >= 0.3 is 0 Å². The molecule has 0 radical (unpaired) electrons. The van der Waals surface area contributed by atoms with Crippen molar-refractivity contribution in [2.24, 2.45) is 11.8 Å². The lowest BCUT2D eigenvalue weighted by molar-refractivity contribution is 0.150. The van der Waals surface area contributed by atoms with Crippen molar-refractivity contribution in [3.05, 3.63) is 0 Å². The Labute approximate surface area is 95.2 Å². The van der Waals surface area contributed by atoms with Gasteiger partial charge in [-0.25, -0.2) is 0 Å². The monoisotopic (exact) mass is 209 g/mol. The van der Waals surface area contributed by atoms with Crippen molar-refractivity contribution in [1.82, 2.24) is 4.90 Å². The molecule has 15 heavy (non-hydrogen) atoms. The Balaban J connectivity index is 1.72. The molecule has 2 aliphatic carbocycles. The summed E-state index contributed by atoms with van der Waals surface area (Å²) in [6.07, 6.45) is 11.8. The molecule has 0 amide bonds. The Morgan fingerprint density at radius 3 is 2.13 bits per heavy atom. The molecular weight excluding hydrogens is 182 g/mol. The molecule has 0 saturated heterocycles. The number of nitrogens with zero attached hydrogens (tertiary/aromatic N) is 1. The van der Waals surface area contributed by atoms with E-state index in [-0.39, 0.29) is 0 Å². The maximum Gasteiger partial charge on any atom is 0.00925 e. The Hall–Kier alpha value is -0.0400. The third-order valence-electron chi connectivity index (χ3n) is 4.63. The summed E-state index contributed by atoms with van der Waals surface area (Å²) in [5.41, 5.74) is 0. The minimum atomic E-state index is 0.904. The van der Waals surface area contributed by atoms with Crippen molar-refractivity contribution in [3.63, 3.8) is 0 Å². The molecule has 2 fully saturated rings. The largest absolute Gasteiger partial charge is 0.303 e. The molecule has 2 aliphatic rings. The van der Waals surface area contributed by atoms with Gasteiger partial charge in [0.1, 0.15) is 0 Å². The lowest BCUT2D eigenvalue weighted by atomic mass is 9.86. The molecule has 2 rings (SSSR count). The van der Waals surface area contributed by atoms with Crippen LogP contribution >= 0.6 is 0 Å². The van der Waals surface area contributed by atoms with Gasteiger partial charge in [-0.15, -0.1) is 0 Å². The van der Waals surface area contributed by atoms with E-state index in [2.05, 4.69) is 18.9 Å². The zero-order valence-electron chi connectivity index (χ0n) is 10.5. The lowest BCUT2D eigenvalue weighted by Crippen LogP contribution is -2.37. The smallest absolute Gasteiger partial charge is 0.00925 e. The Morgan fingerprint density at radius 2 is 1.53 bits per heavy atom. The van der Waals surface area contributed by atoms with Gasteiger partial charge in [0.05, 0.1) is 0 Å². The van der Waals surface area contributed by atoms with Crippen LogP contribution in [0, 0.1) is 11.8 Å². The highest BCUT2D eigenvalue weighted by atomic mass is 15.1. The van der Waals surface area contributed by atoms with E-state index in [0.717, 1.165) is 17.9 Å². The number of rotatable bonds is 3. The first-order chi connectivity index (χ1) is 7.25. The van der Waals surface area contributed by atoms with Crippen LogP contribution in [0.15, 0.2) is 0 Å². The summed E-state index contributed by atoms with van der Waals surface area (Å²) in [5.74, 6) is 2.01. The second kappa shape index (κ2) is 5.34. The van der Waals surface area contributed by atoms with Crippen LogP contribution in [0.2, 0.25) is 0 Å². The predicted octanol–water partition coefficient (Wildman–Crippen LogP) is 3.69. The highest BCUT2D eigenvalue weighted by molar-refractivity contribution is 4.79. The Bertz CT molecular complexity index is 176. The van der Waals surface area contributed by atoms with Crippen molar-refractivity contribution in [2.75, 3.05) is 13.6 Å². The van der Waals surface area contributed by atoms with Crippen molar-refractivity contribution in [2.45, 2.75) is 64.3 Å². The molecule has 0 atom stereocenters. The normalized spacial score (nSPS) is 33.8. The standard InChI is InChI=1S/C14H27N/c1-12-7-9-14(10-8-12)15(2)11-13-5-3-4-6-13/h12-14H,3-11H2,1-2H3. The van der Waals surface area contributed by atoms with Crippen LogP contribution in [0.3, 0.4) is 0 Å². The SMILES string of the molecule is CC1CCC(N(C)CC2CCCC2)CC1. The highest BCUT2D eigenvalue weighted by Crippen LogP contribution is 2.30. The summed E-state index contributed by atoms with van der Waals surface area (Å²) >= 11 is 0. The molecule has 0 aromatic carbocycles. The average molecular weight is 209 g/mol. The second-order valence-electron chi connectivity index (χ2n) is 6.00. The van der Waals surface area contributed by atoms with E-state index in [4.69, 9.17) is 0 Å². The summed E-state index contributed by atoms with van der Waals surface area (Å²) in [4.78, 5) is 2.67. The second-order valence-corrected chi connectivity index (χ2v) is 6.00. The maximum atomic E-state index is 2.67. The molecule has 0 bridgehead atoms. The fourth-order valence-electron chi connectivity index (χ4n) is 3.43. The third kappa shape index (κ3) is 3.21. The molecule has 1 heteroatoms. The number of hydrogen-bond acceptors (Lipinski definition) is 1. The average Bonchev–Trinajstić information content (AvgIpc) is 2.71. The first-order valence-corrected chi connectivity index (χ1v) is 6.96. The van der Waals surface area contributed by atoms with E-state index < -0.39 is 0 Å². The number of hydrogen-bond donors (Lipinski definition) is 0. The summed E-state index contributed by atoms with van der Waals surface area (Å²) in [6, 6.07) is 0.904. The van der Waals surface area contributed by atoms with E-state index >= 15 is 0 Å². The molecule has 0 spiro atoms. The van der Waals surface area contributed by atoms with Crippen LogP contribution < -0.4 is 0 Å². The topological polar surface area (TPSA) is 3.24 Å². The molecule has 0 heterocycles. The third-order valence-corrected chi connectivity index (χ3v) is 4.63. The van der Waals surface area contributed by atoms with E-state index in [1.54, 1.807) is 0 Å². The molecule has 2 saturated carbocycles. The molecule has 88 valence electrons. The van der Waals surface area contributed by atoms with E-state index in [9.17, 15) is 0 Å². The van der Waals surface area contributed by atoms with Crippen molar-refractivity contribution < 1.29 is 0 Å². The summed E-state index contributed by atoms with van der Waals surface area (Å²) in [5, 5.41) is 0. The van der Waals surface area contributed by atoms with Crippen molar-refractivity contribution >= 4 is 0 Å². The maximum absolute atomic E-state index is 2.67. The minimum Gasteiger partial charge on any atom is -0.303 e. The lowest BCUT2D eigenvalue weighted by Gasteiger charge is -2.35. The van der Waals surface area contributed by atoms with E-state index in [0.29, 0.717) is 0 Å². The van der Waals surface area contributed by atoms with E-state index in [1.165, 1.54) is 57.9 Å². The van der Waals surface area contributed by atoms with Crippen LogP contribution in [0.4, 0.5) is 0 Å². The van der Waals surface area contributed by atoms with Crippen LogP contribution in [-0.2, 0) is 0 Å². The Kier molecular flexibility index (Phi) is 4.07. The van der Waals surface area contributed by atoms with Gasteiger partial charge in [-0.3, -0.25) is 0 Å². The minimum absolute atomic E-state index is 0.904. The molecule has 0 aromatic heterocycles. The van der Waals surface area contributed by atoms with Gasteiger partial charge in [-0.1, -0.05) is 19.8 Å². The predicted molar refractivity (Wildman–Crippen MR) is 66.0 cm³/mol. The molecule has 0 N–H and O–H groups in total. The fraction of sp³-hybridized carbons (Fsp3) is 1.00. The molecule has 0 unspecified atom stereocenters. The summed E-state index contributed by atoms with van der Waals surface area (Å²) < 4.78 is 0. The molecule has 0 aliphatic heterocycles. The summed E-state index contributed by atoms with van der Waals surface area (Å²) in [6.45, 7) is 3.78. The summed E-state index contributed by atoms with van der Waals surface area (Å²) in [7, 11) is 2.36. The van der Waals surface area contributed by atoms with Gasteiger partial charge in [0.15, 0.2) is 0 Å². The fourth-order valence-corrected chi connectivity index (χ4v) is 3.43. The molecular formula is C14H27N. The first-order valence-electron chi connectivity index (χ1n) is 6.96. The van der Waals surface area contributed by atoms with Gasteiger partial charge in [0.25, 0.3) is 0 Å². The van der Waals surface area contributed by atoms with Crippen LogP contribution in [0.5, 0.6) is 0 Å². The molecule has 1 nitrogen and oxygen atoms in total. The zero-order valence-corrected chi connectivity index (χ0v) is 10.5. The van der Waals surface area contributed by atoms with Gasteiger partial charge < -0.3 is 4.90 Å². The van der Waals surface area contributed by atoms with E-state index in [1.807, 2.05) is 0 Å². The van der Waals surface area contributed by atoms with Crippen LogP contribution in [-0.4, -0.2) is 24.5 Å². The van der Waals surface area contributed by atoms with Gasteiger partial charge in [0, 0.05) is 12.6 Å². The van der Waals surface area contributed by atoms with Gasteiger partial charge in [-0.05, 0) is 57.4 Å². The van der Waals surface area contributed by atoms with Gasteiger partial charge in [0.2, 0.25) is 0 Å². The van der Waals surface area contributed by atoms with Crippen LogP contribution in [0.25, 0.3) is 0 Å². The first kappa shape index (κ1) is 11.4. The van der Waals surface area contributed by atoms with Crippen molar-refractivity contribution in [3.8, 4) is 0 Å².